The first-order valence-electron chi connectivity index (χ1n) is 9.07. The van der Waals surface area contributed by atoms with Crippen LogP contribution in [0.4, 0.5) is 0 Å². The van der Waals surface area contributed by atoms with Crippen LogP contribution in [0.5, 0.6) is 0 Å². The van der Waals surface area contributed by atoms with Crippen LogP contribution in [0.3, 0.4) is 0 Å². The third-order valence-corrected chi connectivity index (χ3v) is 3.74. The molecule has 1 aliphatic rings. The fourth-order valence-corrected chi connectivity index (χ4v) is 2.67. The third-order valence-electron chi connectivity index (χ3n) is 3.74. The van der Waals surface area contributed by atoms with E-state index in [1.165, 1.54) is 27.7 Å². The maximum atomic E-state index is 11.6. The summed E-state index contributed by atoms with van der Waals surface area (Å²) < 4.78 is 32.2. The number of hydrogen-bond donors (Lipinski definition) is 0. The van der Waals surface area contributed by atoms with Gasteiger partial charge in [0.15, 0.2) is 12.2 Å². The first-order valence-corrected chi connectivity index (χ1v) is 9.07. The molecule has 28 heavy (non-hydrogen) atoms. The van der Waals surface area contributed by atoms with Crippen molar-refractivity contribution >= 4 is 23.9 Å². The van der Waals surface area contributed by atoms with E-state index in [4.69, 9.17) is 28.4 Å². The van der Waals surface area contributed by atoms with Gasteiger partial charge in [-0.1, -0.05) is 13.3 Å². The molecule has 0 bridgehead atoms. The molecule has 1 fully saturated rings. The van der Waals surface area contributed by atoms with Crippen LogP contribution in [0.2, 0.25) is 0 Å². The molecular weight excluding hydrogens is 376 g/mol. The second-order valence-corrected chi connectivity index (χ2v) is 6.29. The summed E-state index contributed by atoms with van der Waals surface area (Å²) in [5.74, 6) is -2.53. The third kappa shape index (κ3) is 7.81. The Hall–Kier alpha value is -2.20. The summed E-state index contributed by atoms with van der Waals surface area (Å²) in [5.41, 5.74) is 0. The largest absolute Gasteiger partial charge is 0.463 e. The topological polar surface area (TPSA) is 124 Å². The lowest BCUT2D eigenvalue weighted by atomic mass is 9.98. The van der Waals surface area contributed by atoms with Crippen molar-refractivity contribution in [1.82, 2.24) is 0 Å². The fraction of sp³-hybridized carbons (Fsp3) is 0.778. The lowest BCUT2D eigenvalue weighted by molar-refractivity contribution is -0.304. The van der Waals surface area contributed by atoms with Gasteiger partial charge in [0.2, 0.25) is 6.29 Å². The Kier molecular flexibility index (Phi) is 9.88. The predicted molar refractivity (Wildman–Crippen MR) is 92.8 cm³/mol. The van der Waals surface area contributed by atoms with Crippen LogP contribution in [0.1, 0.15) is 47.5 Å². The van der Waals surface area contributed by atoms with Gasteiger partial charge in [-0.05, 0) is 6.42 Å². The van der Waals surface area contributed by atoms with Gasteiger partial charge in [0, 0.05) is 34.3 Å². The van der Waals surface area contributed by atoms with E-state index in [1.807, 2.05) is 6.92 Å². The van der Waals surface area contributed by atoms with Crippen LogP contribution >= 0.6 is 0 Å². The zero-order valence-corrected chi connectivity index (χ0v) is 16.8. The molecule has 5 atom stereocenters. The minimum absolute atomic E-state index is 0.272. The van der Waals surface area contributed by atoms with Crippen molar-refractivity contribution in [2.45, 2.75) is 78.2 Å². The van der Waals surface area contributed by atoms with Gasteiger partial charge < -0.3 is 28.4 Å². The molecule has 1 rings (SSSR count). The second kappa shape index (κ2) is 11.6. The van der Waals surface area contributed by atoms with Gasteiger partial charge >= 0.3 is 23.9 Å². The summed E-state index contributed by atoms with van der Waals surface area (Å²) in [7, 11) is 0. The summed E-state index contributed by atoms with van der Waals surface area (Å²) in [6, 6.07) is 0. The number of carbonyl (C=O) groups is 4. The molecule has 160 valence electrons. The van der Waals surface area contributed by atoms with Crippen LogP contribution < -0.4 is 0 Å². The molecule has 1 heterocycles. The molecule has 10 heteroatoms. The van der Waals surface area contributed by atoms with E-state index < -0.39 is 54.6 Å². The van der Waals surface area contributed by atoms with E-state index >= 15 is 0 Å². The lowest BCUT2D eigenvalue weighted by Crippen LogP contribution is -2.62. The maximum absolute atomic E-state index is 11.6. The maximum Gasteiger partial charge on any atom is 0.305 e. The van der Waals surface area contributed by atoms with Gasteiger partial charge in [-0.15, -0.1) is 0 Å². The monoisotopic (exact) mass is 404 g/mol. The predicted octanol–water partition coefficient (Wildman–Crippen LogP) is 0.886. The highest BCUT2D eigenvalue weighted by atomic mass is 16.7. The molecule has 0 amide bonds. The quantitative estimate of drug-likeness (QED) is 0.311. The fourth-order valence-electron chi connectivity index (χ4n) is 2.67. The zero-order valence-electron chi connectivity index (χ0n) is 16.8. The summed E-state index contributed by atoms with van der Waals surface area (Å²) in [6.45, 7) is 6.73. The molecule has 0 spiro atoms. The minimum atomic E-state index is -1.32. The smallest absolute Gasteiger partial charge is 0.305 e. The summed E-state index contributed by atoms with van der Waals surface area (Å²) in [4.78, 5) is 45.9. The Labute approximate surface area is 163 Å². The number of unbranched alkanes of at least 4 members (excludes halogenated alkanes) is 1. The van der Waals surface area contributed by atoms with Crippen molar-refractivity contribution in [2.24, 2.45) is 0 Å². The first kappa shape index (κ1) is 23.8. The van der Waals surface area contributed by atoms with Crippen molar-refractivity contribution in [1.29, 1.82) is 0 Å². The van der Waals surface area contributed by atoms with Crippen molar-refractivity contribution < 1.29 is 47.6 Å². The normalized spacial score (nSPS) is 26.8. The van der Waals surface area contributed by atoms with Gasteiger partial charge in [-0.3, -0.25) is 19.2 Å². The van der Waals surface area contributed by atoms with Crippen LogP contribution in [0.15, 0.2) is 0 Å². The standard InChI is InChI=1S/C18H28O10/c1-6-7-8-23-16-15(25-11(3)20)14(9-24-10(2)19)28-18(27-13(5)22)17(16)26-12(4)21/h14-18H,6-9H2,1-5H3/t14-,15-,16+,17+,18+/m1/s1. The molecule has 1 saturated heterocycles. The highest BCUT2D eigenvalue weighted by Gasteiger charge is 2.52. The molecule has 0 aromatic heterocycles. The highest BCUT2D eigenvalue weighted by molar-refractivity contribution is 5.68. The van der Waals surface area contributed by atoms with Crippen molar-refractivity contribution in [3.8, 4) is 0 Å². The summed E-state index contributed by atoms with van der Waals surface area (Å²) >= 11 is 0. The van der Waals surface area contributed by atoms with E-state index in [-0.39, 0.29) is 13.2 Å². The van der Waals surface area contributed by atoms with E-state index in [9.17, 15) is 19.2 Å². The molecule has 0 radical (unpaired) electrons. The summed E-state index contributed by atoms with van der Waals surface area (Å²) in [6.07, 6.45) is -3.98. The van der Waals surface area contributed by atoms with E-state index in [0.29, 0.717) is 6.42 Å². The van der Waals surface area contributed by atoms with Crippen molar-refractivity contribution in [2.75, 3.05) is 13.2 Å². The van der Waals surface area contributed by atoms with E-state index in [1.54, 1.807) is 0 Å². The SMILES string of the molecule is CCCCO[C@@H]1[C@H](OC(C)=O)[C@@H](OC(C)=O)O[C@H](COC(C)=O)[C@H]1OC(C)=O. The zero-order chi connectivity index (χ0) is 21.3. The molecule has 0 unspecified atom stereocenters. The second-order valence-electron chi connectivity index (χ2n) is 6.29. The molecular formula is C18H28O10. The van der Waals surface area contributed by atoms with E-state index in [0.717, 1.165) is 6.42 Å². The summed E-state index contributed by atoms with van der Waals surface area (Å²) in [5, 5.41) is 0. The van der Waals surface area contributed by atoms with E-state index in [2.05, 4.69) is 0 Å². The van der Waals surface area contributed by atoms with Gasteiger partial charge in [0.25, 0.3) is 0 Å². The molecule has 0 N–H and O–H groups in total. The van der Waals surface area contributed by atoms with Crippen LogP contribution in [0.25, 0.3) is 0 Å². The minimum Gasteiger partial charge on any atom is -0.463 e. The van der Waals surface area contributed by atoms with Gasteiger partial charge in [-0.25, -0.2) is 0 Å². The Balaban J connectivity index is 3.22. The Morgan fingerprint density at radius 3 is 1.86 bits per heavy atom. The average Bonchev–Trinajstić information content (AvgIpc) is 2.56. The molecule has 10 nitrogen and oxygen atoms in total. The number of rotatable bonds is 9. The molecule has 0 aliphatic carbocycles. The Morgan fingerprint density at radius 1 is 0.786 bits per heavy atom. The van der Waals surface area contributed by atoms with Crippen LogP contribution in [-0.4, -0.2) is 67.8 Å². The van der Waals surface area contributed by atoms with Crippen molar-refractivity contribution in [3.05, 3.63) is 0 Å². The van der Waals surface area contributed by atoms with Crippen molar-refractivity contribution in [3.63, 3.8) is 0 Å². The number of esters is 4. The highest BCUT2D eigenvalue weighted by Crippen LogP contribution is 2.30. The molecule has 0 aromatic carbocycles. The number of hydrogen-bond acceptors (Lipinski definition) is 10. The Morgan fingerprint density at radius 2 is 1.36 bits per heavy atom. The molecule has 0 aromatic rings. The van der Waals surface area contributed by atoms with Crippen LogP contribution in [0, 0.1) is 0 Å². The Bertz CT molecular complexity index is 561. The van der Waals surface area contributed by atoms with Gasteiger partial charge in [0.05, 0.1) is 0 Å². The molecule has 0 saturated carbocycles. The number of ether oxygens (including phenoxy) is 6. The number of carbonyl (C=O) groups excluding carboxylic acids is 4. The average molecular weight is 404 g/mol. The van der Waals surface area contributed by atoms with Gasteiger partial charge in [0.1, 0.15) is 18.8 Å². The molecule has 1 aliphatic heterocycles. The first-order chi connectivity index (χ1) is 13.1. The van der Waals surface area contributed by atoms with Gasteiger partial charge in [-0.2, -0.15) is 0 Å². The van der Waals surface area contributed by atoms with Crippen LogP contribution in [-0.2, 0) is 47.6 Å². The lowest BCUT2D eigenvalue weighted by Gasteiger charge is -2.44.